The number of rotatable bonds is 18. The Morgan fingerprint density at radius 3 is 2.22 bits per heavy atom. The van der Waals surface area contributed by atoms with Crippen molar-refractivity contribution < 1.29 is 24.3 Å². The minimum atomic E-state index is -1.16. The topological polar surface area (TPSA) is 205 Å². The molecular weight excluding hydrogens is 486 g/mol. The number of hydrogen-bond donors (Lipinski definition) is 7. The van der Waals surface area contributed by atoms with E-state index in [-0.39, 0.29) is 18.8 Å². The normalized spacial score (nSPS) is 14.5. The van der Waals surface area contributed by atoms with Gasteiger partial charge in [0.1, 0.15) is 18.1 Å². The lowest BCUT2D eigenvalue weighted by atomic mass is 10.0. The lowest BCUT2D eigenvalue weighted by Crippen LogP contribution is -2.57. The zero-order valence-corrected chi connectivity index (χ0v) is 22.1. The van der Waals surface area contributed by atoms with Crippen molar-refractivity contribution in [2.24, 2.45) is 17.4 Å². The number of hydrogen-bond acceptors (Lipinski definition) is 8. The van der Waals surface area contributed by atoms with Crippen LogP contribution in [0.4, 0.5) is 0 Å². The van der Waals surface area contributed by atoms with Crippen molar-refractivity contribution in [1.82, 2.24) is 25.9 Å². The third-order valence-corrected chi connectivity index (χ3v) is 6.12. The molecule has 4 atom stereocenters. The lowest BCUT2D eigenvalue weighted by molar-refractivity contribution is -0.142. The molecule has 0 saturated carbocycles. The third-order valence-electron chi connectivity index (χ3n) is 5.48. The van der Waals surface area contributed by atoms with Crippen LogP contribution in [0.1, 0.15) is 51.6 Å². The first-order valence-electron chi connectivity index (χ1n) is 12.1. The molecule has 1 aromatic heterocycles. The van der Waals surface area contributed by atoms with Crippen LogP contribution in [0.15, 0.2) is 12.5 Å². The Balaban J connectivity index is 3.03. The van der Waals surface area contributed by atoms with Gasteiger partial charge in [-0.15, -0.1) is 0 Å². The van der Waals surface area contributed by atoms with E-state index in [1.54, 1.807) is 0 Å². The van der Waals surface area contributed by atoms with Crippen LogP contribution in [0.3, 0.4) is 0 Å². The molecule has 9 N–H and O–H groups in total. The van der Waals surface area contributed by atoms with Gasteiger partial charge >= 0.3 is 5.97 Å². The number of nitrogens with two attached hydrogens (primary N) is 2. The Morgan fingerprint density at radius 2 is 1.67 bits per heavy atom. The van der Waals surface area contributed by atoms with Gasteiger partial charge in [-0.05, 0) is 56.6 Å². The molecule has 0 fully saturated rings. The van der Waals surface area contributed by atoms with Crippen molar-refractivity contribution in [3.63, 3.8) is 0 Å². The maximum absolute atomic E-state index is 13.2. The van der Waals surface area contributed by atoms with Crippen molar-refractivity contribution in [3.05, 3.63) is 18.2 Å². The molecule has 0 spiro atoms. The predicted molar refractivity (Wildman–Crippen MR) is 139 cm³/mol. The van der Waals surface area contributed by atoms with Crippen LogP contribution < -0.4 is 27.4 Å². The van der Waals surface area contributed by atoms with Gasteiger partial charge < -0.3 is 37.5 Å². The molecule has 1 rings (SSSR count). The smallest absolute Gasteiger partial charge is 0.326 e. The Bertz CT molecular complexity index is 822. The van der Waals surface area contributed by atoms with E-state index >= 15 is 0 Å². The van der Waals surface area contributed by atoms with Crippen LogP contribution in [0, 0.1) is 5.92 Å². The fraction of sp³-hybridized carbons (Fsp3) is 0.696. The second-order valence-electron chi connectivity index (χ2n) is 9.10. The van der Waals surface area contributed by atoms with Crippen molar-refractivity contribution in [3.8, 4) is 0 Å². The molecule has 0 saturated heterocycles. The van der Waals surface area contributed by atoms with E-state index in [0.29, 0.717) is 43.7 Å². The molecule has 1 heterocycles. The van der Waals surface area contributed by atoms with Gasteiger partial charge in [0, 0.05) is 18.3 Å². The predicted octanol–water partition coefficient (Wildman–Crippen LogP) is -0.253. The molecule has 0 bridgehead atoms. The summed E-state index contributed by atoms with van der Waals surface area (Å²) in [5.74, 6) is -2.07. The van der Waals surface area contributed by atoms with Crippen LogP contribution >= 0.6 is 11.8 Å². The first kappa shape index (κ1) is 31.4. The van der Waals surface area contributed by atoms with E-state index < -0.39 is 47.9 Å². The number of thioether (sulfide) groups is 1. The van der Waals surface area contributed by atoms with Crippen molar-refractivity contribution in [1.29, 1.82) is 0 Å². The summed E-state index contributed by atoms with van der Waals surface area (Å²) >= 11 is 1.47. The summed E-state index contributed by atoms with van der Waals surface area (Å²) in [6.45, 7) is 4.33. The zero-order valence-electron chi connectivity index (χ0n) is 21.3. The lowest BCUT2D eigenvalue weighted by Gasteiger charge is -2.25. The molecule has 0 aromatic carbocycles. The van der Waals surface area contributed by atoms with Crippen molar-refractivity contribution >= 4 is 35.5 Å². The second-order valence-corrected chi connectivity index (χ2v) is 10.1. The van der Waals surface area contributed by atoms with Crippen molar-refractivity contribution in [2.45, 2.75) is 76.5 Å². The minimum Gasteiger partial charge on any atom is -0.480 e. The average Bonchev–Trinajstić information content (AvgIpc) is 3.33. The maximum Gasteiger partial charge on any atom is 0.326 e. The van der Waals surface area contributed by atoms with Gasteiger partial charge in [0.2, 0.25) is 17.7 Å². The highest BCUT2D eigenvalue weighted by Gasteiger charge is 2.30. The molecule has 1 aromatic rings. The summed E-state index contributed by atoms with van der Waals surface area (Å²) in [6, 6.07) is -3.88. The Kier molecular flexibility index (Phi) is 14.8. The monoisotopic (exact) mass is 527 g/mol. The van der Waals surface area contributed by atoms with E-state index in [1.807, 2.05) is 20.1 Å². The highest BCUT2D eigenvalue weighted by atomic mass is 32.2. The number of carboxylic acid groups (broad SMARTS) is 1. The fourth-order valence-electron chi connectivity index (χ4n) is 3.52. The first-order valence-corrected chi connectivity index (χ1v) is 13.5. The quantitative estimate of drug-likeness (QED) is 0.125. The second kappa shape index (κ2) is 16.9. The number of imidazole rings is 1. The molecule has 204 valence electrons. The molecule has 36 heavy (non-hydrogen) atoms. The summed E-state index contributed by atoms with van der Waals surface area (Å²) in [4.78, 5) is 57.3. The number of aliphatic carboxylic acids is 1. The first-order chi connectivity index (χ1) is 17.1. The third kappa shape index (κ3) is 11.9. The number of unbranched alkanes of at least 4 members (excludes halogenated alkanes) is 1. The largest absolute Gasteiger partial charge is 0.480 e. The number of aromatic nitrogens is 2. The number of nitrogens with one attached hydrogen (secondary N) is 4. The number of amides is 3. The summed E-state index contributed by atoms with van der Waals surface area (Å²) in [5.41, 5.74) is 12.1. The van der Waals surface area contributed by atoms with Crippen LogP contribution in [-0.4, -0.2) is 81.5 Å². The van der Waals surface area contributed by atoms with Crippen LogP contribution in [0.25, 0.3) is 0 Å². The number of nitrogens with zero attached hydrogens (tertiary/aromatic N) is 1. The fourth-order valence-corrected chi connectivity index (χ4v) is 3.99. The molecule has 4 unspecified atom stereocenters. The van der Waals surface area contributed by atoms with Gasteiger partial charge in [-0.2, -0.15) is 11.8 Å². The highest BCUT2D eigenvalue weighted by Crippen LogP contribution is 2.08. The molecule has 0 radical (unpaired) electrons. The summed E-state index contributed by atoms with van der Waals surface area (Å²) in [5, 5.41) is 17.4. The van der Waals surface area contributed by atoms with E-state index in [2.05, 4.69) is 25.9 Å². The zero-order chi connectivity index (χ0) is 27.1. The van der Waals surface area contributed by atoms with Gasteiger partial charge in [0.05, 0.1) is 12.4 Å². The van der Waals surface area contributed by atoms with E-state index in [1.165, 1.54) is 24.3 Å². The number of aromatic amines is 1. The molecule has 0 aliphatic carbocycles. The molecular formula is C23H41N7O5S. The molecule has 0 aliphatic rings. The van der Waals surface area contributed by atoms with Crippen LogP contribution in [0.2, 0.25) is 0 Å². The SMILES string of the molecule is CSCCC(NC(=O)C(Cc1cnc[nH]1)NC(=O)C(CCCCN)NC(=O)C(N)CC(C)C)C(=O)O. The van der Waals surface area contributed by atoms with E-state index in [9.17, 15) is 24.3 Å². The number of carbonyl (C=O) groups is 4. The molecule has 13 heteroatoms. The van der Waals surface area contributed by atoms with Crippen LogP contribution in [0.5, 0.6) is 0 Å². The van der Waals surface area contributed by atoms with E-state index in [4.69, 9.17) is 11.5 Å². The van der Waals surface area contributed by atoms with Gasteiger partial charge in [-0.25, -0.2) is 9.78 Å². The summed E-state index contributed by atoms with van der Waals surface area (Å²) in [6.07, 6.45) is 7.10. The average molecular weight is 528 g/mol. The molecule has 12 nitrogen and oxygen atoms in total. The van der Waals surface area contributed by atoms with E-state index in [0.717, 1.165) is 0 Å². The number of carbonyl (C=O) groups excluding carboxylic acids is 3. The molecule has 3 amide bonds. The minimum absolute atomic E-state index is 0.0583. The summed E-state index contributed by atoms with van der Waals surface area (Å²) in [7, 11) is 0. The summed E-state index contributed by atoms with van der Waals surface area (Å²) < 4.78 is 0. The Morgan fingerprint density at radius 1 is 1.03 bits per heavy atom. The van der Waals surface area contributed by atoms with Gasteiger partial charge in [-0.1, -0.05) is 13.8 Å². The van der Waals surface area contributed by atoms with Crippen molar-refractivity contribution in [2.75, 3.05) is 18.6 Å². The maximum atomic E-state index is 13.2. The van der Waals surface area contributed by atoms with Gasteiger partial charge in [0.15, 0.2) is 0 Å². The number of H-pyrrole nitrogens is 1. The highest BCUT2D eigenvalue weighted by molar-refractivity contribution is 7.98. The standard InChI is InChI=1S/C23H41N7O5S/c1-14(2)10-16(25)20(31)28-17(6-4-5-8-24)21(32)30-19(11-15-12-26-13-27-15)22(33)29-18(23(34)35)7-9-36-3/h12-14,16-19H,4-11,24-25H2,1-3H3,(H,26,27)(H,28,31)(H,29,33)(H,30,32)(H,34,35). The molecule has 0 aliphatic heterocycles. The van der Waals surface area contributed by atoms with Gasteiger partial charge in [-0.3, -0.25) is 14.4 Å². The Labute approximate surface area is 216 Å². The van der Waals surface area contributed by atoms with Gasteiger partial charge in [0.25, 0.3) is 0 Å². The number of carboxylic acids is 1. The Hall–Kier alpha value is -2.64. The van der Waals surface area contributed by atoms with Crippen LogP contribution in [-0.2, 0) is 25.6 Å².